The molecule has 2 rings (SSSR count). The Morgan fingerprint density at radius 1 is 1.26 bits per heavy atom. The van der Waals surface area contributed by atoms with Crippen LogP contribution in [0.25, 0.3) is 0 Å². The van der Waals surface area contributed by atoms with Crippen molar-refractivity contribution >= 4 is 5.97 Å². The summed E-state index contributed by atoms with van der Waals surface area (Å²) >= 11 is 0. The Balaban J connectivity index is 2.24. The van der Waals surface area contributed by atoms with Gasteiger partial charge in [-0.3, -0.25) is 0 Å². The minimum atomic E-state index is -0.342. The van der Waals surface area contributed by atoms with Gasteiger partial charge in [0.15, 0.2) is 0 Å². The highest BCUT2D eigenvalue weighted by Gasteiger charge is 2.38. The molecule has 0 aromatic heterocycles. The third kappa shape index (κ3) is 3.14. The van der Waals surface area contributed by atoms with Gasteiger partial charge in [0.2, 0.25) is 0 Å². The number of hydrogen-bond acceptors (Lipinski definition) is 4. The average molecular weight is 264 g/mol. The topological polar surface area (TPSA) is 66.8 Å². The van der Waals surface area contributed by atoms with Crippen molar-refractivity contribution in [1.29, 1.82) is 0 Å². The van der Waals surface area contributed by atoms with Crippen LogP contribution >= 0.6 is 0 Å². The van der Waals surface area contributed by atoms with Gasteiger partial charge in [0.25, 0.3) is 0 Å². The van der Waals surface area contributed by atoms with Crippen LogP contribution in [0, 0.1) is 5.92 Å². The molecule has 1 aliphatic carbocycles. The van der Waals surface area contributed by atoms with Gasteiger partial charge in [-0.15, -0.1) is 0 Å². The number of rotatable bonds is 2. The Morgan fingerprint density at radius 3 is 2.68 bits per heavy atom. The summed E-state index contributed by atoms with van der Waals surface area (Å²) < 4.78 is 5.33. The number of hydrogen-bond donors (Lipinski definition) is 2. The number of carbonyl (C=O) groups excluding carboxylic acids is 1. The first kappa shape index (κ1) is 14.0. The van der Waals surface area contributed by atoms with Gasteiger partial charge in [0.05, 0.1) is 13.2 Å². The lowest BCUT2D eigenvalue weighted by Crippen LogP contribution is -2.18. The Hall–Kier alpha value is -1.39. The lowest BCUT2D eigenvalue weighted by Gasteiger charge is -2.19. The number of carbonyl (C=O) groups is 1. The number of aliphatic hydroxyl groups excluding tert-OH is 2. The first-order chi connectivity index (χ1) is 9.15. The second-order valence-electron chi connectivity index (χ2n) is 5.09. The molecule has 0 aromatic rings. The zero-order valence-electron chi connectivity index (χ0n) is 11.0. The molecular formula is C15H20O4. The fourth-order valence-corrected chi connectivity index (χ4v) is 2.62. The van der Waals surface area contributed by atoms with Crippen molar-refractivity contribution in [2.45, 2.75) is 31.8 Å². The summed E-state index contributed by atoms with van der Waals surface area (Å²) in [6, 6.07) is 0. The fraction of sp³-hybridized carbons (Fsp3) is 0.533. The van der Waals surface area contributed by atoms with Gasteiger partial charge in [0.1, 0.15) is 6.10 Å². The van der Waals surface area contributed by atoms with E-state index in [4.69, 9.17) is 4.74 Å². The van der Waals surface area contributed by atoms with Crippen molar-refractivity contribution in [3.63, 3.8) is 0 Å². The summed E-state index contributed by atoms with van der Waals surface area (Å²) in [4.78, 5) is 11.6. The molecule has 0 saturated carbocycles. The monoisotopic (exact) mass is 264 g/mol. The molecule has 2 N–H and O–H groups in total. The van der Waals surface area contributed by atoms with Crippen LogP contribution in [0.15, 0.2) is 35.5 Å². The molecule has 0 spiro atoms. The molecule has 19 heavy (non-hydrogen) atoms. The van der Waals surface area contributed by atoms with E-state index in [-0.39, 0.29) is 31.2 Å². The van der Waals surface area contributed by atoms with Crippen molar-refractivity contribution in [2.75, 3.05) is 13.2 Å². The van der Waals surface area contributed by atoms with Gasteiger partial charge in [-0.1, -0.05) is 18.7 Å². The van der Waals surface area contributed by atoms with E-state index < -0.39 is 0 Å². The lowest BCUT2D eigenvalue weighted by atomic mass is 9.87. The molecule has 104 valence electrons. The maximum absolute atomic E-state index is 11.6. The van der Waals surface area contributed by atoms with E-state index in [2.05, 4.69) is 6.58 Å². The van der Waals surface area contributed by atoms with Gasteiger partial charge in [0, 0.05) is 17.9 Å². The number of aliphatic hydroxyl groups is 2. The van der Waals surface area contributed by atoms with Gasteiger partial charge < -0.3 is 14.9 Å². The van der Waals surface area contributed by atoms with Crippen molar-refractivity contribution in [1.82, 2.24) is 0 Å². The second kappa shape index (κ2) is 6.17. The molecule has 0 bridgehead atoms. The predicted molar refractivity (Wildman–Crippen MR) is 71.3 cm³/mol. The number of allylic oxidation sites excluding steroid dienone is 2. The lowest BCUT2D eigenvalue weighted by molar-refractivity contribution is -0.139. The van der Waals surface area contributed by atoms with E-state index in [0.717, 1.165) is 24.0 Å². The zero-order chi connectivity index (χ0) is 13.8. The van der Waals surface area contributed by atoms with E-state index in [9.17, 15) is 15.0 Å². The largest absolute Gasteiger partial charge is 0.458 e. The summed E-state index contributed by atoms with van der Waals surface area (Å²) in [7, 11) is 0. The van der Waals surface area contributed by atoms with Gasteiger partial charge in [-0.25, -0.2) is 4.79 Å². The summed E-state index contributed by atoms with van der Waals surface area (Å²) in [6.07, 6.45) is 6.50. The summed E-state index contributed by atoms with van der Waals surface area (Å²) in [6.45, 7) is 3.81. The maximum atomic E-state index is 11.6. The highest BCUT2D eigenvalue weighted by atomic mass is 16.6. The van der Waals surface area contributed by atoms with E-state index in [1.165, 1.54) is 0 Å². The van der Waals surface area contributed by atoms with Crippen LogP contribution in [0.1, 0.15) is 25.7 Å². The second-order valence-corrected chi connectivity index (χ2v) is 5.09. The summed E-state index contributed by atoms with van der Waals surface area (Å²) in [5.74, 6) is -0.396. The van der Waals surface area contributed by atoms with E-state index in [1.54, 1.807) is 0 Å². The van der Waals surface area contributed by atoms with Gasteiger partial charge in [-0.2, -0.15) is 0 Å². The van der Waals surface area contributed by atoms with E-state index in [1.807, 2.05) is 12.2 Å². The predicted octanol–water partition coefficient (Wildman–Crippen LogP) is 1.50. The molecule has 0 aromatic carbocycles. The number of ether oxygens (including phenoxy) is 1. The Labute approximate surface area is 113 Å². The van der Waals surface area contributed by atoms with Crippen LogP contribution in [0.2, 0.25) is 0 Å². The van der Waals surface area contributed by atoms with Crippen molar-refractivity contribution in [3.8, 4) is 0 Å². The molecule has 0 amide bonds. The molecule has 2 atom stereocenters. The smallest absolute Gasteiger partial charge is 0.334 e. The molecule has 4 nitrogen and oxygen atoms in total. The van der Waals surface area contributed by atoms with Crippen LogP contribution in [0.4, 0.5) is 0 Å². The third-order valence-corrected chi connectivity index (χ3v) is 3.85. The average Bonchev–Trinajstić information content (AvgIpc) is 2.68. The van der Waals surface area contributed by atoms with Gasteiger partial charge >= 0.3 is 5.97 Å². The molecule has 0 unspecified atom stereocenters. The van der Waals surface area contributed by atoms with Crippen LogP contribution in [-0.4, -0.2) is 35.5 Å². The fourth-order valence-electron chi connectivity index (χ4n) is 2.62. The first-order valence-corrected chi connectivity index (χ1v) is 6.63. The maximum Gasteiger partial charge on any atom is 0.334 e. The van der Waals surface area contributed by atoms with E-state index >= 15 is 0 Å². The third-order valence-electron chi connectivity index (χ3n) is 3.85. The quantitative estimate of drug-likeness (QED) is 0.450. The SMILES string of the molecule is C=C1C(=O)O[C@H]2C/C(CO)=C/CC/C(CO)=C/C[C@H]12. The zero-order valence-corrected chi connectivity index (χ0v) is 11.0. The normalized spacial score (nSPS) is 33.8. The standard InChI is InChI=1S/C15H20O4/c1-10-13-6-5-11(8-16)3-2-4-12(9-17)7-14(13)19-15(10)18/h4-5,13-14,16-17H,1-3,6-9H2/b11-5-,12-4-/t13-,14+/m1/s1. The molecule has 2 aliphatic rings. The molecule has 0 radical (unpaired) electrons. The van der Waals surface area contributed by atoms with Crippen molar-refractivity contribution < 1.29 is 19.7 Å². The molecule has 1 heterocycles. The highest BCUT2D eigenvalue weighted by Crippen LogP contribution is 2.34. The van der Waals surface area contributed by atoms with Crippen LogP contribution in [-0.2, 0) is 9.53 Å². The Morgan fingerprint density at radius 2 is 2.00 bits per heavy atom. The van der Waals surface area contributed by atoms with E-state index in [0.29, 0.717) is 18.4 Å². The minimum Gasteiger partial charge on any atom is -0.458 e. The summed E-state index contributed by atoms with van der Waals surface area (Å²) in [5, 5.41) is 18.6. The first-order valence-electron chi connectivity index (χ1n) is 6.63. The molecule has 1 fully saturated rings. The number of esters is 1. The van der Waals surface area contributed by atoms with Crippen LogP contribution < -0.4 is 0 Å². The van der Waals surface area contributed by atoms with Crippen molar-refractivity contribution in [3.05, 3.63) is 35.5 Å². The summed E-state index contributed by atoms with van der Waals surface area (Å²) in [5.41, 5.74) is 2.34. The molecule has 1 saturated heterocycles. The minimum absolute atomic E-state index is 0.0224. The molecular weight excluding hydrogens is 244 g/mol. The molecule has 4 heteroatoms. The molecule has 1 aliphatic heterocycles. The number of fused-ring (bicyclic) bond motifs is 1. The highest BCUT2D eigenvalue weighted by molar-refractivity contribution is 5.90. The Kier molecular flexibility index (Phi) is 4.56. The van der Waals surface area contributed by atoms with Crippen molar-refractivity contribution in [2.24, 2.45) is 5.92 Å². The van der Waals surface area contributed by atoms with Crippen LogP contribution in [0.5, 0.6) is 0 Å². The Bertz CT molecular complexity index is 433. The van der Waals surface area contributed by atoms with Gasteiger partial charge in [-0.05, 0) is 30.4 Å². The van der Waals surface area contributed by atoms with Crippen LogP contribution in [0.3, 0.4) is 0 Å².